The zero-order valence-electron chi connectivity index (χ0n) is 31.0. The molecular weight excluding hydrogens is 648 g/mol. The van der Waals surface area contributed by atoms with Gasteiger partial charge in [-0.05, 0) is 93.1 Å². The molecule has 1 saturated heterocycles. The summed E-state index contributed by atoms with van der Waals surface area (Å²) < 4.78 is 17.2. The Morgan fingerprint density at radius 3 is 2.22 bits per heavy atom. The average molecular weight is 709 g/mol. The van der Waals surface area contributed by atoms with Crippen LogP contribution in [0.3, 0.4) is 0 Å². The molecule has 4 fully saturated rings. The van der Waals surface area contributed by atoms with E-state index in [0.29, 0.717) is 32.1 Å². The molecule has 0 unspecified atom stereocenters. The minimum Gasteiger partial charge on any atom is -0.456 e. The fraction of sp³-hybridized carbons (Fsp3) is 0.842. The smallest absolute Gasteiger partial charge is 0.303 e. The van der Waals surface area contributed by atoms with Crippen LogP contribution < -0.4 is 0 Å². The van der Waals surface area contributed by atoms with Crippen molar-refractivity contribution in [2.24, 2.45) is 39.4 Å². The van der Waals surface area contributed by atoms with Crippen LogP contribution in [-0.2, 0) is 23.8 Å². The van der Waals surface area contributed by atoms with Gasteiger partial charge in [-0.2, -0.15) is 0 Å². The quantitative estimate of drug-likeness (QED) is 0.110. The predicted octanol–water partition coefficient (Wildman–Crippen LogP) is 1.94. The van der Waals surface area contributed by atoms with Crippen LogP contribution in [0.5, 0.6) is 0 Å². The molecule has 0 aromatic rings. The Morgan fingerprint density at radius 1 is 0.980 bits per heavy atom. The van der Waals surface area contributed by atoms with Crippen LogP contribution >= 0.6 is 0 Å². The van der Waals surface area contributed by atoms with Crippen molar-refractivity contribution in [3.8, 4) is 0 Å². The van der Waals surface area contributed by atoms with Gasteiger partial charge in [0, 0.05) is 18.3 Å². The van der Waals surface area contributed by atoms with Crippen molar-refractivity contribution in [1.29, 1.82) is 0 Å². The zero-order valence-corrected chi connectivity index (χ0v) is 31.0. The van der Waals surface area contributed by atoms with Gasteiger partial charge in [0.1, 0.15) is 35.6 Å². The van der Waals surface area contributed by atoms with Crippen LogP contribution in [0.15, 0.2) is 23.8 Å². The van der Waals surface area contributed by atoms with Gasteiger partial charge in [-0.1, -0.05) is 46.3 Å². The number of allylic oxidation sites excluding steroid dienone is 1. The second-order valence-corrected chi connectivity index (χ2v) is 17.9. The minimum absolute atomic E-state index is 0.0328. The molecule has 4 aliphatic carbocycles. The summed E-state index contributed by atoms with van der Waals surface area (Å²) in [6.45, 7) is 15.9. The summed E-state index contributed by atoms with van der Waals surface area (Å²) in [6, 6.07) is 0. The summed E-state index contributed by atoms with van der Waals surface area (Å²) >= 11 is 0. The molecule has 0 aromatic carbocycles. The number of carbonyl (C=O) groups excluding carboxylic acids is 2. The molecule has 5 rings (SSSR count). The van der Waals surface area contributed by atoms with Crippen LogP contribution in [0.1, 0.15) is 94.4 Å². The molecule has 5 aliphatic rings. The molecule has 0 radical (unpaired) electrons. The monoisotopic (exact) mass is 708 g/mol. The van der Waals surface area contributed by atoms with E-state index in [9.17, 15) is 45.3 Å². The topological polar surface area (TPSA) is 203 Å². The third-order valence-electron chi connectivity index (χ3n) is 14.1. The van der Waals surface area contributed by atoms with Gasteiger partial charge in [-0.25, -0.2) is 0 Å². The summed E-state index contributed by atoms with van der Waals surface area (Å²) in [6.07, 6.45) is -2.30. The highest BCUT2D eigenvalue weighted by atomic mass is 16.7. The molecule has 15 atom stereocenters. The Balaban J connectivity index is 1.44. The highest BCUT2D eigenvalue weighted by Crippen LogP contribution is 2.75. The van der Waals surface area contributed by atoms with Gasteiger partial charge in [-0.3, -0.25) is 9.59 Å². The summed E-state index contributed by atoms with van der Waals surface area (Å²) in [5, 5.41) is 76.5. The van der Waals surface area contributed by atoms with E-state index in [1.54, 1.807) is 13.8 Å². The summed E-state index contributed by atoms with van der Waals surface area (Å²) in [4.78, 5) is 25.2. The first-order valence-electron chi connectivity index (χ1n) is 18.1. The van der Waals surface area contributed by atoms with Gasteiger partial charge in [0.05, 0.1) is 24.9 Å². The van der Waals surface area contributed by atoms with Gasteiger partial charge in [-0.15, -0.1) is 0 Å². The fourth-order valence-electron chi connectivity index (χ4n) is 11.3. The lowest BCUT2D eigenvalue weighted by Gasteiger charge is -2.66. The Morgan fingerprint density at radius 2 is 1.62 bits per heavy atom. The predicted molar refractivity (Wildman–Crippen MR) is 181 cm³/mol. The Hall–Kier alpha value is -1.74. The maximum absolute atomic E-state index is 13.7. The maximum Gasteiger partial charge on any atom is 0.303 e. The first kappa shape index (κ1) is 39.5. The Labute approximate surface area is 295 Å². The lowest BCUT2D eigenvalue weighted by molar-refractivity contribution is -0.324. The number of hydrogen-bond donors (Lipinski definition) is 7. The van der Waals surface area contributed by atoms with Gasteiger partial charge < -0.3 is 50.0 Å². The number of aliphatic hydroxyl groups is 7. The third-order valence-corrected chi connectivity index (χ3v) is 14.1. The van der Waals surface area contributed by atoms with Gasteiger partial charge >= 0.3 is 5.97 Å². The molecule has 0 amide bonds. The normalized spacial score (nSPS) is 47.0. The zero-order chi connectivity index (χ0) is 37.6. The second kappa shape index (κ2) is 13.0. The number of esters is 1. The van der Waals surface area contributed by atoms with E-state index in [-0.39, 0.29) is 17.3 Å². The molecule has 12 nitrogen and oxygen atoms in total. The molecule has 50 heavy (non-hydrogen) atoms. The summed E-state index contributed by atoms with van der Waals surface area (Å²) in [5.74, 6) is -1.87. The molecule has 0 aromatic heterocycles. The number of fused-ring (bicyclic) bond motifs is 5. The van der Waals surface area contributed by atoms with E-state index in [0.717, 1.165) is 5.57 Å². The van der Waals surface area contributed by atoms with Gasteiger partial charge in [0.25, 0.3) is 0 Å². The van der Waals surface area contributed by atoms with E-state index < -0.39 is 101 Å². The molecule has 3 saturated carbocycles. The number of rotatable bonds is 8. The van der Waals surface area contributed by atoms with E-state index in [1.807, 2.05) is 13.8 Å². The number of hydrogen-bond acceptors (Lipinski definition) is 12. The molecule has 284 valence electrons. The maximum atomic E-state index is 13.7. The van der Waals surface area contributed by atoms with Crippen molar-refractivity contribution < 1.29 is 59.5 Å². The number of ether oxygens (including phenoxy) is 3. The number of aliphatic hydroxyl groups excluding tert-OH is 6. The van der Waals surface area contributed by atoms with Crippen molar-refractivity contribution in [3.63, 3.8) is 0 Å². The van der Waals surface area contributed by atoms with Crippen molar-refractivity contribution in [1.82, 2.24) is 0 Å². The van der Waals surface area contributed by atoms with E-state index in [2.05, 4.69) is 26.8 Å². The van der Waals surface area contributed by atoms with Crippen molar-refractivity contribution in [3.05, 3.63) is 23.8 Å². The highest BCUT2D eigenvalue weighted by molar-refractivity contribution is 5.97. The molecule has 7 N–H and O–H groups in total. The third kappa shape index (κ3) is 6.04. The summed E-state index contributed by atoms with van der Waals surface area (Å²) in [7, 11) is 0. The second-order valence-electron chi connectivity index (χ2n) is 17.9. The van der Waals surface area contributed by atoms with Crippen LogP contribution in [0.2, 0.25) is 0 Å². The molecular formula is C38H60O12. The lowest BCUT2D eigenvalue weighted by Crippen LogP contribution is -2.64. The van der Waals surface area contributed by atoms with E-state index in [1.165, 1.54) is 26.0 Å². The molecule has 1 heterocycles. The molecule has 0 bridgehead atoms. The minimum atomic E-state index is -1.90. The van der Waals surface area contributed by atoms with E-state index in [4.69, 9.17) is 14.2 Å². The van der Waals surface area contributed by atoms with Gasteiger partial charge in [0.2, 0.25) is 0 Å². The first-order valence-corrected chi connectivity index (χ1v) is 18.1. The summed E-state index contributed by atoms with van der Waals surface area (Å²) in [5.41, 5.74) is -4.03. The molecule has 1 aliphatic heterocycles. The van der Waals surface area contributed by atoms with Crippen molar-refractivity contribution in [2.75, 3.05) is 6.61 Å². The SMILES string of the molecule is CC(=O)OC(C)(C)/C=C\C(=O)[C@](C)(O)[C@H]1[C@H](O)C[C@@]2(C)[C@@H]3CC=C4[C@@H](C[C@H](O[C@@H]5O[C@H](CO)[C@@H](O)[C@H](O)[C@H]5O)[C@H](O)C4(C)C)[C@]3(C)CC[C@]12C. The van der Waals surface area contributed by atoms with Gasteiger partial charge in [0.15, 0.2) is 12.1 Å². The van der Waals surface area contributed by atoms with Crippen molar-refractivity contribution >= 4 is 11.8 Å². The number of ketones is 1. The average Bonchev–Trinajstić information content (AvgIpc) is 3.23. The Kier molecular flexibility index (Phi) is 10.2. The molecule has 12 heteroatoms. The van der Waals surface area contributed by atoms with Crippen LogP contribution in [0.4, 0.5) is 0 Å². The van der Waals surface area contributed by atoms with Crippen LogP contribution in [0, 0.1) is 39.4 Å². The fourth-order valence-corrected chi connectivity index (χ4v) is 11.3. The lowest BCUT2D eigenvalue weighted by atomic mass is 9.38. The first-order chi connectivity index (χ1) is 22.9. The standard InChI is InChI=1S/C38H60O12/c1-19(40)50-33(2,3)13-12-26(42)38(9,47)30-22(41)17-37(8)25-11-10-20-21(35(25,6)14-15-36(30,37)7)16-23(31(46)34(20,4)5)48-32-29(45)28(44)27(43)24(18-39)49-32/h10,12-13,21-25,27-32,39,41,43-47H,11,14-18H2,1-9H3/b13-12-/t21-,22-,23+,24-,25-,27-,28+,29-,30+,31+,32-,35+,36-,37+,38+/m1/s1. The van der Waals surface area contributed by atoms with E-state index >= 15 is 0 Å². The van der Waals surface area contributed by atoms with Crippen LogP contribution in [-0.4, -0.2) is 114 Å². The Bertz CT molecular complexity index is 1390. The number of carbonyl (C=O) groups is 2. The van der Waals surface area contributed by atoms with Crippen molar-refractivity contribution in [2.45, 2.75) is 155 Å². The highest BCUT2D eigenvalue weighted by Gasteiger charge is 2.72. The largest absolute Gasteiger partial charge is 0.456 e. The molecule has 0 spiro atoms. The van der Waals surface area contributed by atoms with Crippen LogP contribution in [0.25, 0.3) is 0 Å².